The molecule has 0 atom stereocenters. The number of hydrogen-bond donors (Lipinski definition) is 2. The molecule has 3 heterocycles. The molecule has 0 spiro atoms. The van der Waals surface area contributed by atoms with Gasteiger partial charge >= 0.3 is 5.97 Å². The number of nitrogen functional groups attached to an aromatic ring is 1. The van der Waals surface area contributed by atoms with Crippen LogP contribution in [0.15, 0.2) is 66.2 Å². The fourth-order valence-electron chi connectivity index (χ4n) is 4.57. The third-order valence-electron chi connectivity index (χ3n) is 6.40. The number of thiophene rings is 1. The van der Waals surface area contributed by atoms with E-state index in [-0.39, 0.29) is 5.91 Å². The second-order valence-electron chi connectivity index (χ2n) is 10.3. The van der Waals surface area contributed by atoms with Crippen molar-refractivity contribution in [1.29, 1.82) is 0 Å². The van der Waals surface area contributed by atoms with Crippen LogP contribution in [0, 0.1) is 0 Å². The van der Waals surface area contributed by atoms with Crippen molar-refractivity contribution in [3.8, 4) is 16.9 Å². The van der Waals surface area contributed by atoms with Crippen LogP contribution in [-0.4, -0.2) is 34.1 Å². The number of anilines is 2. The Morgan fingerprint density at radius 3 is 2.62 bits per heavy atom. The number of aryl methyl sites for hydroxylation is 1. The number of fused-ring (bicyclic) bond motifs is 2. The number of carbonyl (C=O) groups is 2. The third kappa shape index (κ3) is 5.28. The molecule has 0 radical (unpaired) electrons. The molecule has 8 nitrogen and oxygen atoms in total. The van der Waals surface area contributed by atoms with Crippen molar-refractivity contribution < 1.29 is 19.1 Å². The van der Waals surface area contributed by atoms with Crippen LogP contribution >= 0.6 is 11.3 Å². The Hall–Kier alpha value is -4.63. The number of nitrogens with zero attached hydrogens (tertiary/aromatic N) is 2. The smallest absolute Gasteiger partial charge is 0.331 e. The van der Waals surface area contributed by atoms with Crippen molar-refractivity contribution in [1.82, 2.24) is 9.55 Å². The van der Waals surface area contributed by atoms with E-state index < -0.39 is 11.6 Å². The van der Waals surface area contributed by atoms with Crippen LogP contribution in [0.2, 0.25) is 0 Å². The summed E-state index contributed by atoms with van der Waals surface area (Å²) < 4.78 is 13.8. The Morgan fingerprint density at radius 2 is 1.90 bits per heavy atom. The van der Waals surface area contributed by atoms with Gasteiger partial charge in [0.1, 0.15) is 22.9 Å². The molecule has 0 bridgehead atoms. The molecule has 40 heavy (non-hydrogen) atoms. The van der Waals surface area contributed by atoms with E-state index in [0.29, 0.717) is 22.9 Å². The van der Waals surface area contributed by atoms with E-state index in [9.17, 15) is 9.59 Å². The maximum absolute atomic E-state index is 13.2. The second kappa shape index (κ2) is 10.5. The molecule has 5 rings (SSSR count). The number of carbonyl (C=O) groups excluding carboxylic acids is 2. The SMILES string of the molecule is COc1cc(-c2csc3c(C=CC(=O)OC(C)(C)C)cnc(N)c23)ccc1NC(=O)c1cc2ccccc2n1C. The number of esters is 1. The molecule has 5 aromatic rings. The first-order valence-electron chi connectivity index (χ1n) is 12.7. The maximum Gasteiger partial charge on any atom is 0.331 e. The van der Waals surface area contributed by atoms with Crippen molar-refractivity contribution in [2.75, 3.05) is 18.2 Å². The molecular weight excluding hydrogens is 524 g/mol. The van der Waals surface area contributed by atoms with Gasteiger partial charge in [0.25, 0.3) is 5.91 Å². The van der Waals surface area contributed by atoms with Gasteiger partial charge in [-0.1, -0.05) is 24.3 Å². The predicted molar refractivity (Wildman–Crippen MR) is 162 cm³/mol. The zero-order valence-corrected chi connectivity index (χ0v) is 23.8. The van der Waals surface area contributed by atoms with E-state index in [4.69, 9.17) is 15.2 Å². The van der Waals surface area contributed by atoms with Crippen molar-refractivity contribution in [3.63, 3.8) is 0 Å². The van der Waals surface area contributed by atoms with Gasteiger partial charge in [0, 0.05) is 51.4 Å². The zero-order valence-electron chi connectivity index (χ0n) is 22.9. The minimum Gasteiger partial charge on any atom is -0.495 e. The third-order valence-corrected chi connectivity index (χ3v) is 7.43. The molecule has 2 aromatic carbocycles. The number of para-hydroxylation sites is 1. The van der Waals surface area contributed by atoms with Gasteiger partial charge in [-0.2, -0.15) is 0 Å². The van der Waals surface area contributed by atoms with Gasteiger partial charge in [0.15, 0.2) is 0 Å². The summed E-state index contributed by atoms with van der Waals surface area (Å²) >= 11 is 1.51. The summed E-state index contributed by atoms with van der Waals surface area (Å²) in [5.41, 5.74) is 10.3. The Balaban J connectivity index is 1.45. The standard InChI is InChI=1S/C31H30N4O4S/c1-31(2,3)39-26(36)13-11-20-16-33-29(32)27-21(17-40-28(20)27)18-10-12-22(25(15-18)38-5)34-30(37)24-14-19-8-6-7-9-23(19)35(24)4/h6-17H,1-5H3,(H2,32,33)(H,34,37). The lowest BCUT2D eigenvalue weighted by Gasteiger charge is -2.17. The number of ether oxygens (including phenoxy) is 2. The Kier molecular flexibility index (Phi) is 7.08. The van der Waals surface area contributed by atoms with Crippen LogP contribution in [0.4, 0.5) is 11.5 Å². The number of methoxy groups -OCH3 is 1. The number of benzene rings is 2. The van der Waals surface area contributed by atoms with Gasteiger partial charge < -0.3 is 25.1 Å². The number of amides is 1. The first-order valence-corrected chi connectivity index (χ1v) is 13.5. The average Bonchev–Trinajstić information content (AvgIpc) is 3.50. The Morgan fingerprint density at radius 1 is 1.12 bits per heavy atom. The molecule has 1 amide bonds. The van der Waals surface area contributed by atoms with Gasteiger partial charge in [-0.3, -0.25) is 4.79 Å². The van der Waals surface area contributed by atoms with Crippen LogP contribution in [0.3, 0.4) is 0 Å². The molecular formula is C31H30N4O4S. The number of hydrogen-bond acceptors (Lipinski definition) is 7. The fourth-order valence-corrected chi connectivity index (χ4v) is 5.65. The van der Waals surface area contributed by atoms with Gasteiger partial charge in [0.05, 0.1) is 12.8 Å². The summed E-state index contributed by atoms with van der Waals surface area (Å²) in [5, 5.41) is 6.75. The first-order chi connectivity index (χ1) is 19.1. The van der Waals surface area contributed by atoms with E-state index in [1.54, 1.807) is 19.4 Å². The van der Waals surface area contributed by atoms with Crippen LogP contribution in [0.1, 0.15) is 36.8 Å². The normalized spacial score (nSPS) is 11.8. The van der Waals surface area contributed by atoms with Crippen LogP contribution < -0.4 is 15.8 Å². The summed E-state index contributed by atoms with van der Waals surface area (Å²) in [5.74, 6) is 0.227. The van der Waals surface area contributed by atoms with Crippen LogP contribution in [-0.2, 0) is 16.6 Å². The highest BCUT2D eigenvalue weighted by Crippen LogP contribution is 2.41. The lowest BCUT2D eigenvalue weighted by molar-refractivity contribution is -0.148. The zero-order chi connectivity index (χ0) is 28.6. The van der Waals surface area contributed by atoms with Crippen molar-refractivity contribution in [3.05, 3.63) is 77.4 Å². The van der Waals surface area contributed by atoms with Crippen LogP contribution in [0.25, 0.3) is 38.2 Å². The highest BCUT2D eigenvalue weighted by molar-refractivity contribution is 7.18. The molecule has 0 saturated heterocycles. The molecule has 3 aromatic heterocycles. The number of nitrogens with one attached hydrogen (secondary N) is 1. The lowest BCUT2D eigenvalue weighted by atomic mass is 10.0. The number of pyridine rings is 1. The molecule has 0 saturated carbocycles. The second-order valence-corrected chi connectivity index (χ2v) is 11.2. The van der Waals surface area contributed by atoms with E-state index in [1.165, 1.54) is 17.4 Å². The minimum absolute atomic E-state index is 0.236. The Bertz CT molecular complexity index is 1790. The van der Waals surface area contributed by atoms with Gasteiger partial charge in [-0.25, -0.2) is 9.78 Å². The summed E-state index contributed by atoms with van der Waals surface area (Å²) in [7, 11) is 3.43. The lowest BCUT2D eigenvalue weighted by Crippen LogP contribution is -2.22. The molecule has 0 unspecified atom stereocenters. The first kappa shape index (κ1) is 27.0. The molecule has 204 valence electrons. The fraction of sp³-hybridized carbons (Fsp3) is 0.194. The number of aromatic nitrogens is 2. The van der Waals surface area contributed by atoms with E-state index >= 15 is 0 Å². The summed E-state index contributed by atoms with van der Waals surface area (Å²) in [6.07, 6.45) is 4.73. The minimum atomic E-state index is -0.578. The highest BCUT2D eigenvalue weighted by Gasteiger charge is 2.19. The van der Waals surface area contributed by atoms with Gasteiger partial charge in [-0.05, 0) is 62.1 Å². The van der Waals surface area contributed by atoms with Gasteiger partial charge in [0.2, 0.25) is 0 Å². The Labute approximate surface area is 236 Å². The van der Waals surface area contributed by atoms with E-state index in [0.717, 1.165) is 37.7 Å². The monoisotopic (exact) mass is 554 g/mol. The highest BCUT2D eigenvalue weighted by atomic mass is 32.1. The molecule has 9 heteroatoms. The average molecular weight is 555 g/mol. The quantitative estimate of drug-likeness (QED) is 0.180. The number of nitrogens with two attached hydrogens (primary N) is 1. The molecule has 0 aliphatic carbocycles. The van der Waals surface area contributed by atoms with Crippen molar-refractivity contribution in [2.45, 2.75) is 26.4 Å². The van der Waals surface area contributed by atoms with E-state index in [2.05, 4.69) is 10.3 Å². The molecule has 3 N–H and O–H groups in total. The maximum atomic E-state index is 13.2. The molecule has 0 aliphatic rings. The summed E-state index contributed by atoms with van der Waals surface area (Å²) in [4.78, 5) is 29.7. The topological polar surface area (TPSA) is 108 Å². The molecule has 0 aliphatic heterocycles. The predicted octanol–water partition coefficient (Wildman–Crippen LogP) is 6.65. The van der Waals surface area contributed by atoms with E-state index in [1.807, 2.05) is 86.3 Å². The molecule has 0 fully saturated rings. The van der Waals surface area contributed by atoms with Crippen molar-refractivity contribution in [2.24, 2.45) is 7.05 Å². The summed E-state index contributed by atoms with van der Waals surface area (Å²) in [6, 6.07) is 15.3. The largest absolute Gasteiger partial charge is 0.495 e. The van der Waals surface area contributed by atoms with Gasteiger partial charge in [-0.15, -0.1) is 11.3 Å². The van der Waals surface area contributed by atoms with Crippen molar-refractivity contribution >= 4 is 61.8 Å². The number of rotatable bonds is 6. The van der Waals surface area contributed by atoms with Crippen LogP contribution in [0.5, 0.6) is 5.75 Å². The summed E-state index contributed by atoms with van der Waals surface area (Å²) in [6.45, 7) is 5.46.